The predicted molar refractivity (Wildman–Crippen MR) is 58.9 cm³/mol. The first kappa shape index (κ1) is 9.72. The molecule has 3 atom stereocenters. The van der Waals surface area contributed by atoms with Gasteiger partial charge in [0.1, 0.15) is 0 Å². The lowest BCUT2D eigenvalue weighted by Crippen LogP contribution is -2.38. The van der Waals surface area contributed by atoms with Crippen molar-refractivity contribution in [3.8, 4) is 0 Å². The Bertz CT molecular complexity index is 335. The number of aliphatic hydroxyl groups is 1. The Morgan fingerprint density at radius 2 is 2.14 bits per heavy atom. The van der Waals surface area contributed by atoms with Crippen molar-refractivity contribution >= 4 is 0 Å². The zero-order valence-electron chi connectivity index (χ0n) is 9.12. The van der Waals surface area contributed by atoms with Crippen LogP contribution in [-0.2, 0) is 0 Å². The molecule has 0 bridgehead atoms. The quantitative estimate of drug-likeness (QED) is 0.622. The molecule has 0 saturated heterocycles. The van der Waals surface area contributed by atoms with Crippen molar-refractivity contribution in [1.82, 2.24) is 0 Å². The van der Waals surface area contributed by atoms with Crippen LogP contribution in [0.25, 0.3) is 0 Å². The fourth-order valence-corrected chi connectivity index (χ4v) is 2.54. The highest BCUT2D eigenvalue weighted by Gasteiger charge is 2.39. The van der Waals surface area contributed by atoms with Gasteiger partial charge in [-0.15, -0.1) is 0 Å². The Kier molecular flexibility index (Phi) is 2.15. The van der Waals surface area contributed by atoms with Gasteiger partial charge in [-0.25, -0.2) is 0 Å². The van der Waals surface area contributed by atoms with Gasteiger partial charge in [0.2, 0.25) is 0 Å². The zero-order valence-corrected chi connectivity index (χ0v) is 9.12. The van der Waals surface area contributed by atoms with Crippen LogP contribution < -0.4 is 0 Å². The summed E-state index contributed by atoms with van der Waals surface area (Å²) in [6.07, 6.45) is 9.40. The van der Waals surface area contributed by atoms with E-state index in [2.05, 4.69) is 45.1 Å². The summed E-state index contributed by atoms with van der Waals surface area (Å²) in [5.41, 5.74) is 2.70. The number of aliphatic hydroxyl groups excluding tert-OH is 1. The van der Waals surface area contributed by atoms with E-state index in [4.69, 9.17) is 0 Å². The minimum atomic E-state index is -0.195. The van der Waals surface area contributed by atoms with Crippen molar-refractivity contribution < 1.29 is 5.11 Å². The van der Waals surface area contributed by atoms with Gasteiger partial charge < -0.3 is 5.11 Å². The Balaban J connectivity index is 2.47. The highest BCUT2D eigenvalue weighted by Crippen LogP contribution is 2.46. The summed E-state index contributed by atoms with van der Waals surface area (Å²) in [5.74, 6) is 0.308. The lowest BCUT2D eigenvalue weighted by Gasteiger charge is -2.42. The van der Waals surface area contributed by atoms with E-state index < -0.39 is 0 Å². The lowest BCUT2D eigenvalue weighted by atomic mass is 9.63. The van der Waals surface area contributed by atoms with Crippen LogP contribution in [0.5, 0.6) is 0 Å². The molecule has 0 aromatic heterocycles. The molecule has 0 heterocycles. The van der Waals surface area contributed by atoms with Crippen LogP contribution >= 0.6 is 0 Å². The Hall–Kier alpha value is -0.820. The standard InChI is InChI=1S/C13H18O/c1-9-4-5-11-6-7-12(14)10(2)13(11,3)8-9/h4-6,8,10,12,14H,7H2,1-3H3/t10-,12-,13+/m0/s1. The Labute approximate surface area is 85.8 Å². The van der Waals surface area contributed by atoms with Gasteiger partial charge in [-0.2, -0.15) is 0 Å². The SMILES string of the molecule is CC1=C[C@@]2(C)C(=CC[C@H](O)[C@@H]2C)C=C1. The number of rotatable bonds is 0. The minimum Gasteiger partial charge on any atom is -0.392 e. The zero-order chi connectivity index (χ0) is 10.3. The van der Waals surface area contributed by atoms with E-state index in [-0.39, 0.29) is 11.5 Å². The molecule has 0 saturated carbocycles. The smallest absolute Gasteiger partial charge is 0.0611 e. The second-order valence-electron chi connectivity index (χ2n) is 4.76. The lowest BCUT2D eigenvalue weighted by molar-refractivity contribution is 0.0664. The third-order valence-corrected chi connectivity index (χ3v) is 3.78. The largest absolute Gasteiger partial charge is 0.392 e. The minimum absolute atomic E-state index is 0.0382. The predicted octanol–water partition coefficient (Wildman–Crippen LogP) is 2.84. The molecule has 0 spiro atoms. The number of allylic oxidation sites excluding steroid dienone is 5. The van der Waals surface area contributed by atoms with Crippen molar-refractivity contribution in [3.63, 3.8) is 0 Å². The van der Waals surface area contributed by atoms with E-state index in [1.54, 1.807) is 0 Å². The monoisotopic (exact) mass is 190 g/mol. The molecule has 1 nitrogen and oxygen atoms in total. The highest BCUT2D eigenvalue weighted by molar-refractivity contribution is 5.43. The topological polar surface area (TPSA) is 20.2 Å². The summed E-state index contributed by atoms with van der Waals surface area (Å²) in [6, 6.07) is 0. The molecule has 0 radical (unpaired) electrons. The Morgan fingerprint density at radius 1 is 1.43 bits per heavy atom. The van der Waals surface area contributed by atoms with E-state index >= 15 is 0 Å². The normalized spacial score (nSPS) is 41.4. The molecule has 0 amide bonds. The van der Waals surface area contributed by atoms with Crippen LogP contribution in [0, 0.1) is 11.3 Å². The summed E-state index contributed by atoms with van der Waals surface area (Å²) >= 11 is 0. The maximum Gasteiger partial charge on any atom is 0.0611 e. The van der Waals surface area contributed by atoms with Gasteiger partial charge in [-0.1, -0.05) is 43.7 Å². The summed E-state index contributed by atoms with van der Waals surface area (Å²) in [5, 5.41) is 9.87. The number of hydrogen-bond donors (Lipinski definition) is 1. The van der Waals surface area contributed by atoms with Gasteiger partial charge in [0.25, 0.3) is 0 Å². The van der Waals surface area contributed by atoms with E-state index in [9.17, 15) is 5.11 Å². The molecule has 0 fully saturated rings. The van der Waals surface area contributed by atoms with Crippen molar-refractivity contribution in [3.05, 3.63) is 35.5 Å². The second kappa shape index (κ2) is 3.09. The number of hydrogen-bond acceptors (Lipinski definition) is 1. The maximum atomic E-state index is 9.87. The van der Waals surface area contributed by atoms with E-state index in [0.29, 0.717) is 5.92 Å². The fourth-order valence-electron chi connectivity index (χ4n) is 2.54. The third-order valence-electron chi connectivity index (χ3n) is 3.78. The molecule has 0 aromatic carbocycles. The van der Waals surface area contributed by atoms with Gasteiger partial charge in [0, 0.05) is 5.41 Å². The van der Waals surface area contributed by atoms with Crippen molar-refractivity contribution in [2.75, 3.05) is 0 Å². The highest BCUT2D eigenvalue weighted by atomic mass is 16.3. The van der Waals surface area contributed by atoms with E-state index in [1.807, 2.05) is 0 Å². The first-order chi connectivity index (χ1) is 6.54. The van der Waals surface area contributed by atoms with Crippen LogP contribution in [0.1, 0.15) is 27.2 Å². The molecule has 2 rings (SSSR count). The maximum absolute atomic E-state index is 9.87. The van der Waals surface area contributed by atoms with Crippen LogP contribution in [0.4, 0.5) is 0 Å². The van der Waals surface area contributed by atoms with E-state index in [1.165, 1.54) is 11.1 Å². The van der Waals surface area contributed by atoms with Crippen LogP contribution in [0.15, 0.2) is 35.5 Å². The van der Waals surface area contributed by atoms with Crippen LogP contribution in [0.2, 0.25) is 0 Å². The Morgan fingerprint density at radius 3 is 2.86 bits per heavy atom. The molecular formula is C13H18O. The van der Waals surface area contributed by atoms with Gasteiger partial charge in [-0.3, -0.25) is 0 Å². The molecule has 1 heteroatoms. The average molecular weight is 190 g/mol. The van der Waals surface area contributed by atoms with Gasteiger partial charge >= 0.3 is 0 Å². The molecular weight excluding hydrogens is 172 g/mol. The average Bonchev–Trinajstić information content (AvgIpc) is 2.13. The first-order valence-electron chi connectivity index (χ1n) is 5.30. The summed E-state index contributed by atoms with van der Waals surface area (Å²) in [7, 11) is 0. The van der Waals surface area contributed by atoms with Gasteiger partial charge in [0.05, 0.1) is 6.10 Å². The van der Waals surface area contributed by atoms with E-state index in [0.717, 1.165) is 6.42 Å². The van der Waals surface area contributed by atoms with Crippen molar-refractivity contribution in [2.24, 2.45) is 11.3 Å². The molecule has 0 unspecified atom stereocenters. The van der Waals surface area contributed by atoms with Crippen molar-refractivity contribution in [1.29, 1.82) is 0 Å². The summed E-state index contributed by atoms with van der Waals surface area (Å²) in [6.45, 7) is 6.48. The molecule has 0 aromatic rings. The van der Waals surface area contributed by atoms with Gasteiger partial charge in [-0.05, 0) is 24.8 Å². The third kappa shape index (κ3) is 1.27. The molecule has 76 valence electrons. The first-order valence-corrected chi connectivity index (χ1v) is 5.30. The molecule has 2 aliphatic carbocycles. The fraction of sp³-hybridized carbons (Fsp3) is 0.538. The molecule has 2 aliphatic rings. The molecule has 1 N–H and O–H groups in total. The summed E-state index contributed by atoms with van der Waals surface area (Å²) in [4.78, 5) is 0. The molecule has 0 aliphatic heterocycles. The van der Waals surface area contributed by atoms with Gasteiger partial charge in [0.15, 0.2) is 0 Å². The number of fused-ring (bicyclic) bond motifs is 1. The van der Waals surface area contributed by atoms with Crippen LogP contribution in [0.3, 0.4) is 0 Å². The second-order valence-corrected chi connectivity index (χ2v) is 4.76. The molecule has 14 heavy (non-hydrogen) atoms. The van der Waals surface area contributed by atoms with Crippen LogP contribution in [-0.4, -0.2) is 11.2 Å². The summed E-state index contributed by atoms with van der Waals surface area (Å²) < 4.78 is 0. The van der Waals surface area contributed by atoms with Crippen molar-refractivity contribution in [2.45, 2.75) is 33.3 Å².